The van der Waals surface area contributed by atoms with Crippen molar-refractivity contribution in [3.63, 3.8) is 0 Å². The van der Waals surface area contributed by atoms with Gasteiger partial charge in [-0.05, 0) is 43.3 Å². The highest BCUT2D eigenvalue weighted by atomic mass is 16.2. The molecule has 0 saturated carbocycles. The van der Waals surface area contributed by atoms with Gasteiger partial charge in [-0.2, -0.15) is 5.10 Å². The first-order chi connectivity index (χ1) is 13.1. The van der Waals surface area contributed by atoms with Crippen molar-refractivity contribution in [1.82, 2.24) is 5.32 Å². The molecule has 0 unspecified atom stereocenters. The van der Waals surface area contributed by atoms with E-state index in [1.54, 1.807) is 36.4 Å². The standard InChI is InChI=1S/C21H20N4O2/c1-3-13-22-21(27)18-6-4-5-7-19(18)23-20(26)16-8-10-17(11-9-16)25-14-12-15(2)24-25/h1,4-11H,12-14H2,2H3,(H,22,27)(H,23,26). The second kappa shape index (κ2) is 8.19. The fourth-order valence-electron chi connectivity index (χ4n) is 2.76. The van der Waals surface area contributed by atoms with E-state index >= 15 is 0 Å². The van der Waals surface area contributed by atoms with E-state index in [1.807, 2.05) is 24.1 Å². The first-order valence-electron chi connectivity index (χ1n) is 8.62. The molecule has 0 spiro atoms. The molecular weight excluding hydrogens is 340 g/mol. The van der Waals surface area contributed by atoms with Crippen molar-refractivity contribution in [2.24, 2.45) is 5.10 Å². The average Bonchev–Trinajstić information content (AvgIpc) is 3.13. The lowest BCUT2D eigenvalue weighted by atomic mass is 10.1. The molecule has 0 saturated heterocycles. The molecule has 0 bridgehead atoms. The van der Waals surface area contributed by atoms with E-state index in [2.05, 4.69) is 21.7 Å². The van der Waals surface area contributed by atoms with Crippen LogP contribution in [0, 0.1) is 12.3 Å². The van der Waals surface area contributed by atoms with Crippen LogP contribution in [0.1, 0.15) is 34.1 Å². The summed E-state index contributed by atoms with van der Waals surface area (Å²) in [7, 11) is 0. The summed E-state index contributed by atoms with van der Waals surface area (Å²) < 4.78 is 0. The van der Waals surface area contributed by atoms with Gasteiger partial charge in [0.1, 0.15) is 0 Å². The minimum absolute atomic E-state index is 0.126. The van der Waals surface area contributed by atoms with Gasteiger partial charge in [-0.15, -0.1) is 6.42 Å². The lowest BCUT2D eigenvalue weighted by Gasteiger charge is -2.14. The second-order valence-electron chi connectivity index (χ2n) is 6.14. The van der Waals surface area contributed by atoms with Crippen LogP contribution in [0.5, 0.6) is 0 Å². The van der Waals surface area contributed by atoms with Crippen LogP contribution in [0.2, 0.25) is 0 Å². The summed E-state index contributed by atoms with van der Waals surface area (Å²) >= 11 is 0. The molecule has 1 heterocycles. The molecule has 0 fully saturated rings. The highest BCUT2D eigenvalue weighted by molar-refractivity contribution is 6.09. The maximum atomic E-state index is 12.6. The van der Waals surface area contributed by atoms with Gasteiger partial charge < -0.3 is 10.6 Å². The lowest BCUT2D eigenvalue weighted by Crippen LogP contribution is -2.25. The molecule has 3 rings (SSSR count). The summed E-state index contributed by atoms with van der Waals surface area (Å²) in [5.74, 6) is 1.73. The second-order valence-corrected chi connectivity index (χ2v) is 6.14. The molecule has 2 aromatic carbocycles. The van der Waals surface area contributed by atoms with Gasteiger partial charge in [0.15, 0.2) is 0 Å². The summed E-state index contributed by atoms with van der Waals surface area (Å²) in [6.45, 7) is 2.97. The maximum Gasteiger partial charge on any atom is 0.255 e. The van der Waals surface area contributed by atoms with Crippen LogP contribution < -0.4 is 15.6 Å². The van der Waals surface area contributed by atoms with Gasteiger partial charge in [-0.1, -0.05) is 18.1 Å². The zero-order valence-corrected chi connectivity index (χ0v) is 15.0. The summed E-state index contributed by atoms with van der Waals surface area (Å²) in [6, 6.07) is 14.0. The number of carbonyl (C=O) groups excluding carboxylic acids is 2. The molecule has 136 valence electrons. The number of terminal acetylenes is 1. The smallest absolute Gasteiger partial charge is 0.255 e. The molecular formula is C21H20N4O2. The number of hydrogen-bond acceptors (Lipinski definition) is 4. The third-order valence-corrected chi connectivity index (χ3v) is 4.18. The van der Waals surface area contributed by atoms with Crippen molar-refractivity contribution in [2.75, 3.05) is 23.4 Å². The van der Waals surface area contributed by atoms with E-state index in [1.165, 1.54) is 0 Å². The predicted molar refractivity (Wildman–Crippen MR) is 107 cm³/mol. The maximum absolute atomic E-state index is 12.6. The zero-order chi connectivity index (χ0) is 19.2. The lowest BCUT2D eigenvalue weighted by molar-refractivity contribution is 0.0959. The Morgan fingerprint density at radius 2 is 1.89 bits per heavy atom. The number of carbonyl (C=O) groups is 2. The van der Waals surface area contributed by atoms with E-state index in [4.69, 9.17) is 6.42 Å². The first-order valence-corrected chi connectivity index (χ1v) is 8.62. The van der Waals surface area contributed by atoms with Crippen molar-refractivity contribution in [3.8, 4) is 12.3 Å². The number of benzene rings is 2. The highest BCUT2D eigenvalue weighted by Crippen LogP contribution is 2.21. The number of amides is 2. The zero-order valence-electron chi connectivity index (χ0n) is 15.0. The van der Waals surface area contributed by atoms with Gasteiger partial charge in [0.05, 0.1) is 23.5 Å². The highest BCUT2D eigenvalue weighted by Gasteiger charge is 2.15. The number of rotatable bonds is 5. The Labute approximate surface area is 158 Å². The molecule has 2 aromatic rings. The van der Waals surface area contributed by atoms with E-state index in [0.29, 0.717) is 16.8 Å². The minimum Gasteiger partial charge on any atom is -0.341 e. The summed E-state index contributed by atoms with van der Waals surface area (Å²) in [5.41, 5.74) is 3.33. The van der Waals surface area contributed by atoms with Crippen molar-refractivity contribution < 1.29 is 9.59 Å². The number of hydrogen-bond donors (Lipinski definition) is 2. The molecule has 0 atom stereocenters. The molecule has 2 amide bonds. The first kappa shape index (κ1) is 18.2. The molecule has 1 aliphatic heterocycles. The summed E-state index contributed by atoms with van der Waals surface area (Å²) in [6.07, 6.45) is 6.11. The minimum atomic E-state index is -0.332. The fourth-order valence-corrected chi connectivity index (χ4v) is 2.76. The van der Waals surface area contributed by atoms with Gasteiger partial charge >= 0.3 is 0 Å². The van der Waals surface area contributed by atoms with Crippen LogP contribution in [-0.2, 0) is 0 Å². The monoisotopic (exact) mass is 360 g/mol. The van der Waals surface area contributed by atoms with Crippen LogP contribution >= 0.6 is 0 Å². The van der Waals surface area contributed by atoms with Crippen LogP contribution in [0.25, 0.3) is 0 Å². The van der Waals surface area contributed by atoms with Crippen LogP contribution in [0.4, 0.5) is 11.4 Å². The van der Waals surface area contributed by atoms with Crippen LogP contribution in [0.15, 0.2) is 53.6 Å². The average molecular weight is 360 g/mol. The van der Waals surface area contributed by atoms with E-state index in [9.17, 15) is 9.59 Å². The SMILES string of the molecule is C#CCNC(=O)c1ccccc1NC(=O)c1ccc(N2CCC(C)=N2)cc1. The number of para-hydroxylation sites is 1. The van der Waals surface area contributed by atoms with Crippen molar-refractivity contribution in [3.05, 3.63) is 59.7 Å². The molecule has 6 nitrogen and oxygen atoms in total. The number of nitrogens with zero attached hydrogens (tertiary/aromatic N) is 2. The summed E-state index contributed by atoms with van der Waals surface area (Å²) in [4.78, 5) is 24.8. The van der Waals surface area contributed by atoms with Crippen molar-refractivity contribution in [2.45, 2.75) is 13.3 Å². The van der Waals surface area contributed by atoms with Crippen LogP contribution in [-0.4, -0.2) is 30.6 Å². The van der Waals surface area contributed by atoms with Crippen LogP contribution in [0.3, 0.4) is 0 Å². The number of nitrogens with one attached hydrogen (secondary N) is 2. The Kier molecular flexibility index (Phi) is 5.53. The normalized spacial score (nSPS) is 12.9. The molecule has 0 aliphatic carbocycles. The third-order valence-electron chi connectivity index (χ3n) is 4.18. The van der Waals surface area contributed by atoms with E-state index < -0.39 is 0 Å². The number of hydrazone groups is 1. The molecule has 27 heavy (non-hydrogen) atoms. The summed E-state index contributed by atoms with van der Waals surface area (Å²) in [5, 5.41) is 11.8. The van der Waals surface area contributed by atoms with Crippen molar-refractivity contribution >= 4 is 28.9 Å². The third kappa shape index (κ3) is 4.33. The molecule has 1 aliphatic rings. The molecule has 0 radical (unpaired) electrons. The Morgan fingerprint density at radius 3 is 2.56 bits per heavy atom. The van der Waals surface area contributed by atoms with Gasteiger partial charge in [0.25, 0.3) is 11.8 Å². The van der Waals surface area contributed by atoms with E-state index in [-0.39, 0.29) is 18.4 Å². The molecule has 2 N–H and O–H groups in total. The topological polar surface area (TPSA) is 73.8 Å². The van der Waals surface area contributed by atoms with Crippen molar-refractivity contribution in [1.29, 1.82) is 0 Å². The van der Waals surface area contributed by atoms with Gasteiger partial charge in [-0.25, -0.2) is 0 Å². The molecule has 6 heteroatoms. The van der Waals surface area contributed by atoms with Gasteiger partial charge in [0.2, 0.25) is 0 Å². The predicted octanol–water partition coefficient (Wildman–Crippen LogP) is 2.89. The fraction of sp³-hybridized carbons (Fsp3) is 0.190. The van der Waals surface area contributed by atoms with Gasteiger partial charge in [-0.3, -0.25) is 14.6 Å². The Balaban J connectivity index is 1.72. The largest absolute Gasteiger partial charge is 0.341 e. The Morgan fingerprint density at radius 1 is 1.15 bits per heavy atom. The quantitative estimate of drug-likeness (QED) is 0.805. The van der Waals surface area contributed by atoms with Gasteiger partial charge in [0, 0.05) is 24.2 Å². The van der Waals surface area contributed by atoms with E-state index in [0.717, 1.165) is 24.4 Å². The number of anilines is 2. The Hall–Kier alpha value is -3.59. The Bertz CT molecular complexity index is 926. The molecule has 0 aromatic heterocycles.